The van der Waals surface area contributed by atoms with Crippen LogP contribution in [0.2, 0.25) is 0 Å². The van der Waals surface area contributed by atoms with Gasteiger partial charge in [0.15, 0.2) is 11.8 Å². The van der Waals surface area contributed by atoms with E-state index in [2.05, 4.69) is 57.1 Å². The Morgan fingerprint density at radius 3 is 2.74 bits per heavy atom. The van der Waals surface area contributed by atoms with Gasteiger partial charge in [-0.25, -0.2) is 4.99 Å². The average molecular weight is 535 g/mol. The van der Waals surface area contributed by atoms with Crippen molar-refractivity contribution in [2.75, 3.05) is 6.54 Å². The molecule has 7 nitrogen and oxygen atoms in total. The third kappa shape index (κ3) is 5.78. The lowest BCUT2D eigenvalue weighted by atomic mass is 9.96. The molecule has 0 atom stereocenters. The van der Waals surface area contributed by atoms with Crippen LogP contribution in [-0.2, 0) is 20.0 Å². The van der Waals surface area contributed by atoms with Crippen molar-refractivity contribution in [1.29, 1.82) is 0 Å². The summed E-state index contributed by atoms with van der Waals surface area (Å²) in [5.41, 5.74) is 3.86. The van der Waals surface area contributed by atoms with Crippen molar-refractivity contribution in [3.8, 4) is 0 Å². The Hall–Kier alpha value is -2.10. The zero-order chi connectivity index (χ0) is 20.9. The number of aryl methyl sites for hydroxylation is 2. The first kappa shape index (κ1) is 23.6. The van der Waals surface area contributed by atoms with Gasteiger partial charge in [-0.15, -0.1) is 34.2 Å². The predicted octanol–water partition coefficient (Wildman–Crippen LogP) is 4.14. The highest BCUT2D eigenvalue weighted by Crippen LogP contribution is 2.21. The van der Waals surface area contributed by atoms with Gasteiger partial charge in [-0.1, -0.05) is 37.5 Å². The van der Waals surface area contributed by atoms with E-state index < -0.39 is 0 Å². The zero-order valence-electron chi connectivity index (χ0n) is 18.7. The van der Waals surface area contributed by atoms with Crippen LogP contribution < -0.4 is 10.6 Å². The van der Waals surface area contributed by atoms with Gasteiger partial charge < -0.3 is 20.2 Å². The minimum absolute atomic E-state index is 0. The van der Waals surface area contributed by atoms with Crippen LogP contribution in [0.15, 0.2) is 29.4 Å². The van der Waals surface area contributed by atoms with E-state index in [1.54, 1.807) is 0 Å². The maximum absolute atomic E-state index is 4.82. The maximum Gasteiger partial charge on any atom is 0.191 e. The first-order chi connectivity index (χ1) is 14.6. The summed E-state index contributed by atoms with van der Waals surface area (Å²) in [6.07, 6.45) is 9.43. The zero-order valence-corrected chi connectivity index (χ0v) is 21.1. The number of rotatable bonds is 6. The van der Waals surface area contributed by atoms with Crippen molar-refractivity contribution in [2.45, 2.75) is 65.0 Å². The van der Waals surface area contributed by atoms with E-state index in [9.17, 15) is 0 Å². The van der Waals surface area contributed by atoms with E-state index >= 15 is 0 Å². The van der Waals surface area contributed by atoms with Crippen molar-refractivity contribution in [3.63, 3.8) is 0 Å². The quantitative estimate of drug-likeness (QED) is 0.252. The van der Waals surface area contributed by atoms with Gasteiger partial charge >= 0.3 is 0 Å². The Morgan fingerprint density at radius 1 is 1.19 bits per heavy atom. The minimum atomic E-state index is 0. The number of fused-ring (bicyclic) bond motifs is 1. The monoisotopic (exact) mass is 535 g/mol. The van der Waals surface area contributed by atoms with Gasteiger partial charge in [-0.05, 0) is 44.2 Å². The molecule has 8 heteroatoms. The Kier molecular flexibility index (Phi) is 8.34. The Morgan fingerprint density at radius 2 is 2.00 bits per heavy atom. The molecule has 0 aliphatic heterocycles. The van der Waals surface area contributed by atoms with Crippen molar-refractivity contribution >= 4 is 40.8 Å². The van der Waals surface area contributed by atoms with Gasteiger partial charge in [0.25, 0.3) is 0 Å². The molecule has 0 saturated heterocycles. The number of guanidine groups is 1. The lowest BCUT2D eigenvalue weighted by Gasteiger charge is -2.25. The molecule has 0 spiro atoms. The number of para-hydroxylation sites is 1. The fourth-order valence-electron chi connectivity index (χ4n) is 4.22. The molecule has 168 valence electrons. The number of benzene rings is 1. The lowest BCUT2D eigenvalue weighted by molar-refractivity contribution is 0.410. The van der Waals surface area contributed by atoms with E-state index in [-0.39, 0.29) is 24.0 Å². The number of H-pyrrole nitrogens is 1. The van der Waals surface area contributed by atoms with Crippen LogP contribution >= 0.6 is 24.0 Å². The number of aromatic amines is 1. The maximum atomic E-state index is 4.82. The normalized spacial score (nSPS) is 15.1. The number of halogens is 1. The Balaban J connectivity index is 0.00000272. The van der Waals surface area contributed by atoms with Crippen LogP contribution in [0.5, 0.6) is 0 Å². The van der Waals surface area contributed by atoms with Gasteiger partial charge in [-0.2, -0.15) is 0 Å². The van der Waals surface area contributed by atoms with Gasteiger partial charge in [0.1, 0.15) is 12.4 Å². The molecule has 2 heterocycles. The van der Waals surface area contributed by atoms with Crippen LogP contribution in [0.3, 0.4) is 0 Å². The van der Waals surface area contributed by atoms with Crippen molar-refractivity contribution in [3.05, 3.63) is 47.2 Å². The molecule has 3 N–H and O–H groups in total. The topological polar surface area (TPSA) is 82.9 Å². The van der Waals surface area contributed by atoms with Crippen molar-refractivity contribution < 1.29 is 0 Å². The third-order valence-electron chi connectivity index (χ3n) is 6.20. The predicted molar refractivity (Wildman–Crippen MR) is 137 cm³/mol. The molecule has 0 radical (unpaired) electrons. The van der Waals surface area contributed by atoms with E-state index in [0.29, 0.717) is 12.6 Å². The molecule has 4 rings (SSSR count). The van der Waals surface area contributed by atoms with Crippen LogP contribution in [0.1, 0.15) is 54.9 Å². The first-order valence-corrected chi connectivity index (χ1v) is 11.1. The van der Waals surface area contributed by atoms with E-state index in [1.807, 2.05) is 18.5 Å². The average Bonchev–Trinajstić information content (AvgIpc) is 3.31. The van der Waals surface area contributed by atoms with Crippen molar-refractivity contribution in [1.82, 2.24) is 30.4 Å². The van der Waals surface area contributed by atoms with Gasteiger partial charge in [-0.3, -0.25) is 0 Å². The number of hydrogen-bond acceptors (Lipinski definition) is 3. The third-order valence-corrected chi connectivity index (χ3v) is 6.20. The molecule has 3 aromatic rings. The number of nitrogens with zero attached hydrogens (tertiary/aromatic N) is 4. The molecule has 1 aliphatic rings. The second kappa shape index (κ2) is 11.0. The summed E-state index contributed by atoms with van der Waals surface area (Å²) < 4.78 is 2.00. The number of aromatic nitrogens is 4. The van der Waals surface area contributed by atoms with Gasteiger partial charge in [0.05, 0.1) is 0 Å². The highest BCUT2D eigenvalue weighted by Gasteiger charge is 2.15. The van der Waals surface area contributed by atoms with Crippen LogP contribution in [0.25, 0.3) is 10.9 Å². The van der Waals surface area contributed by atoms with Crippen molar-refractivity contribution in [2.24, 2.45) is 12.0 Å². The van der Waals surface area contributed by atoms with Crippen LogP contribution in [0, 0.1) is 13.8 Å². The molecular weight excluding hydrogens is 501 g/mol. The second-order valence-electron chi connectivity index (χ2n) is 8.35. The smallest absolute Gasteiger partial charge is 0.191 e. The Labute approximate surface area is 201 Å². The summed E-state index contributed by atoms with van der Waals surface area (Å²) in [6.45, 7) is 5.46. The molecule has 31 heavy (non-hydrogen) atoms. The Bertz CT molecular complexity index is 1010. The molecule has 0 unspecified atom stereocenters. The summed E-state index contributed by atoms with van der Waals surface area (Å²) >= 11 is 0. The lowest BCUT2D eigenvalue weighted by Crippen LogP contribution is -2.44. The van der Waals surface area contributed by atoms with Gasteiger partial charge in [0, 0.05) is 36.7 Å². The molecule has 1 aliphatic carbocycles. The van der Waals surface area contributed by atoms with Gasteiger partial charge in [0.2, 0.25) is 0 Å². The fraction of sp³-hybridized carbons (Fsp3) is 0.522. The summed E-state index contributed by atoms with van der Waals surface area (Å²) in [5.74, 6) is 2.66. The highest BCUT2D eigenvalue weighted by molar-refractivity contribution is 14.0. The van der Waals surface area contributed by atoms with E-state index in [1.165, 1.54) is 54.1 Å². The molecule has 1 aromatic carbocycles. The molecular formula is C23H34IN7. The summed E-state index contributed by atoms with van der Waals surface area (Å²) in [6, 6.07) is 6.97. The molecule has 1 saturated carbocycles. The second-order valence-corrected chi connectivity index (χ2v) is 8.35. The number of hydrogen-bond donors (Lipinski definition) is 3. The summed E-state index contributed by atoms with van der Waals surface area (Å²) in [5, 5.41) is 16.9. The standard InChI is InChI=1S/C23H33N7.HI/c1-16-8-7-11-20-18(14-25-22(16)20)12-13-24-23(27-19-9-5-4-6-10-19)26-15-21-29-28-17(2)30(21)3;/h7-8,11,14,19,25H,4-6,9-10,12-13,15H2,1-3H3,(H2,24,26,27);1H. The molecule has 2 aromatic heterocycles. The SMILES string of the molecule is Cc1cccc2c(CCNC(=NCc3nnc(C)n3C)NC3CCCCC3)c[nH]c12.I. The van der Waals surface area contributed by atoms with E-state index in [4.69, 9.17) is 4.99 Å². The fourth-order valence-corrected chi connectivity index (χ4v) is 4.22. The van der Waals surface area contributed by atoms with Crippen LogP contribution in [0.4, 0.5) is 0 Å². The van der Waals surface area contributed by atoms with Crippen LogP contribution in [-0.4, -0.2) is 38.3 Å². The highest BCUT2D eigenvalue weighted by atomic mass is 127. The summed E-state index contributed by atoms with van der Waals surface area (Å²) in [4.78, 5) is 8.24. The molecule has 1 fully saturated rings. The molecule has 0 bridgehead atoms. The minimum Gasteiger partial charge on any atom is -0.361 e. The van der Waals surface area contributed by atoms with E-state index in [0.717, 1.165) is 30.6 Å². The largest absolute Gasteiger partial charge is 0.361 e. The number of aliphatic imine (C=N–C) groups is 1. The first-order valence-electron chi connectivity index (χ1n) is 11.1. The summed E-state index contributed by atoms with van der Waals surface area (Å²) in [7, 11) is 1.99. The molecule has 0 amide bonds. The number of nitrogens with one attached hydrogen (secondary N) is 3.